The number of hydrogen-bond acceptors (Lipinski definition) is 6. The number of fused-ring (bicyclic) bond motifs is 1. The number of rotatable bonds is 7. The Labute approximate surface area is 211 Å². The number of carbonyl (C=O) groups is 2. The zero-order valence-corrected chi connectivity index (χ0v) is 19.8. The number of anilines is 2. The highest BCUT2D eigenvalue weighted by molar-refractivity contribution is 7.21. The van der Waals surface area contributed by atoms with Crippen LogP contribution in [0.5, 0.6) is 11.6 Å². The summed E-state index contributed by atoms with van der Waals surface area (Å²) in [5.41, 5.74) is -0.361. The Morgan fingerprint density at radius 1 is 1.03 bits per heavy atom. The molecule has 5 rings (SSSR count). The quantitative estimate of drug-likeness (QED) is 0.279. The third-order valence-corrected chi connectivity index (χ3v) is 6.34. The molecule has 12 heteroatoms. The Morgan fingerprint density at radius 3 is 2.59 bits per heavy atom. The van der Waals surface area contributed by atoms with Crippen LogP contribution in [0.2, 0.25) is 0 Å². The number of ether oxygens (including phenoxy) is 1. The Hall–Kier alpha value is -4.06. The number of carbonyl (C=O) groups excluding carboxylic acids is 2. The van der Waals surface area contributed by atoms with Crippen LogP contribution in [0.3, 0.4) is 0 Å². The van der Waals surface area contributed by atoms with Crippen LogP contribution in [-0.4, -0.2) is 21.8 Å². The summed E-state index contributed by atoms with van der Waals surface area (Å²) in [5.74, 6) is -1.10. The van der Waals surface area contributed by atoms with Crippen LogP contribution in [0, 0.1) is 11.7 Å². The van der Waals surface area contributed by atoms with Crippen LogP contribution in [0.15, 0.2) is 54.6 Å². The standard InChI is InChI=1S/C25H18F4N4O3S/c26-17-7-6-16(12-19(17)30-20(34)11-13-2-1-3-15(10-13)25(27,28)29)36-21-9-8-18-23(32-21)37-24(31-18)33-22(35)14-4-5-14/h1-3,6-10,12,14H,4-5,11H2,(H,30,34)(H,31,33,35). The van der Waals surface area contributed by atoms with E-state index < -0.39 is 23.5 Å². The summed E-state index contributed by atoms with van der Waals surface area (Å²) in [6, 6.07) is 11.3. The summed E-state index contributed by atoms with van der Waals surface area (Å²) >= 11 is 1.19. The normalized spacial score (nSPS) is 13.4. The van der Waals surface area contributed by atoms with Gasteiger partial charge in [-0.05, 0) is 42.7 Å². The van der Waals surface area contributed by atoms with E-state index in [0.29, 0.717) is 15.5 Å². The largest absolute Gasteiger partial charge is 0.439 e. The third-order valence-electron chi connectivity index (χ3n) is 5.46. The highest BCUT2D eigenvalue weighted by Crippen LogP contribution is 2.33. The van der Waals surface area contributed by atoms with Crippen molar-refractivity contribution in [2.75, 3.05) is 10.6 Å². The van der Waals surface area contributed by atoms with Gasteiger partial charge in [-0.2, -0.15) is 13.2 Å². The monoisotopic (exact) mass is 530 g/mol. The lowest BCUT2D eigenvalue weighted by atomic mass is 10.1. The second-order valence-corrected chi connectivity index (χ2v) is 9.40. The molecule has 0 aliphatic heterocycles. The smallest absolute Gasteiger partial charge is 0.416 e. The van der Waals surface area contributed by atoms with Crippen molar-refractivity contribution in [3.05, 3.63) is 71.5 Å². The lowest BCUT2D eigenvalue weighted by Crippen LogP contribution is -2.16. The predicted molar refractivity (Wildman–Crippen MR) is 129 cm³/mol. The molecule has 2 amide bonds. The topological polar surface area (TPSA) is 93.2 Å². The van der Waals surface area contributed by atoms with E-state index in [0.717, 1.165) is 31.0 Å². The maximum absolute atomic E-state index is 14.3. The van der Waals surface area contributed by atoms with Crippen molar-refractivity contribution in [1.82, 2.24) is 9.97 Å². The van der Waals surface area contributed by atoms with Gasteiger partial charge >= 0.3 is 6.18 Å². The summed E-state index contributed by atoms with van der Waals surface area (Å²) in [7, 11) is 0. The first kappa shape index (κ1) is 24.6. The number of benzene rings is 2. The number of alkyl halides is 3. The molecule has 2 aromatic carbocycles. The van der Waals surface area contributed by atoms with Gasteiger partial charge in [0, 0.05) is 18.1 Å². The van der Waals surface area contributed by atoms with Crippen molar-refractivity contribution in [1.29, 1.82) is 0 Å². The fourth-order valence-corrected chi connectivity index (χ4v) is 4.32. The number of aromatic nitrogens is 2. The van der Waals surface area contributed by atoms with E-state index in [2.05, 4.69) is 20.6 Å². The SMILES string of the molecule is O=C(Cc1cccc(C(F)(F)F)c1)Nc1cc(Oc2ccc3nc(NC(=O)C4CC4)sc3n2)ccc1F. The molecule has 7 nitrogen and oxygen atoms in total. The number of halogens is 4. The van der Waals surface area contributed by atoms with Crippen molar-refractivity contribution in [2.24, 2.45) is 5.92 Å². The second-order valence-electron chi connectivity index (χ2n) is 8.42. The van der Waals surface area contributed by atoms with Crippen LogP contribution in [0.1, 0.15) is 24.0 Å². The molecule has 1 fully saturated rings. The summed E-state index contributed by atoms with van der Waals surface area (Å²) in [4.78, 5) is 33.6. The molecule has 1 aliphatic rings. The van der Waals surface area contributed by atoms with Crippen molar-refractivity contribution in [3.8, 4) is 11.6 Å². The maximum atomic E-state index is 14.3. The molecule has 4 aromatic rings. The Kier molecular flexibility index (Phi) is 6.50. The van der Waals surface area contributed by atoms with E-state index in [9.17, 15) is 27.2 Å². The number of hydrogen-bond donors (Lipinski definition) is 2. The molecule has 0 spiro atoms. The molecule has 2 aromatic heterocycles. The molecule has 190 valence electrons. The average molecular weight is 531 g/mol. The minimum atomic E-state index is -4.54. The highest BCUT2D eigenvalue weighted by atomic mass is 32.1. The van der Waals surface area contributed by atoms with Crippen LogP contribution >= 0.6 is 11.3 Å². The summed E-state index contributed by atoms with van der Waals surface area (Å²) < 4.78 is 58.8. The lowest BCUT2D eigenvalue weighted by molar-refractivity contribution is -0.137. The number of nitrogens with zero attached hydrogens (tertiary/aromatic N) is 2. The Balaban J connectivity index is 1.26. The van der Waals surface area contributed by atoms with E-state index in [-0.39, 0.29) is 41.1 Å². The van der Waals surface area contributed by atoms with Crippen LogP contribution in [0.4, 0.5) is 28.4 Å². The molecule has 0 unspecified atom stereocenters. The lowest BCUT2D eigenvalue weighted by Gasteiger charge is -2.11. The van der Waals surface area contributed by atoms with Gasteiger partial charge in [-0.1, -0.05) is 29.5 Å². The van der Waals surface area contributed by atoms with Gasteiger partial charge in [-0.25, -0.2) is 14.4 Å². The second kappa shape index (κ2) is 9.77. The Bertz CT molecular complexity index is 1500. The molecule has 0 bridgehead atoms. The molecule has 1 saturated carbocycles. The van der Waals surface area contributed by atoms with Gasteiger partial charge < -0.3 is 15.4 Å². The minimum absolute atomic E-state index is 0.0390. The van der Waals surface area contributed by atoms with Crippen LogP contribution in [0.25, 0.3) is 10.3 Å². The van der Waals surface area contributed by atoms with Gasteiger partial charge in [-0.3, -0.25) is 9.59 Å². The van der Waals surface area contributed by atoms with Gasteiger partial charge in [0.15, 0.2) is 5.13 Å². The first-order valence-electron chi connectivity index (χ1n) is 11.2. The van der Waals surface area contributed by atoms with Gasteiger partial charge in [0.25, 0.3) is 0 Å². The molecule has 2 N–H and O–H groups in total. The Morgan fingerprint density at radius 2 is 1.84 bits per heavy atom. The number of amides is 2. The molecule has 37 heavy (non-hydrogen) atoms. The molecule has 0 atom stereocenters. The molecule has 2 heterocycles. The number of pyridine rings is 1. The third kappa shape index (κ3) is 6.02. The fraction of sp³-hybridized carbons (Fsp3) is 0.200. The van der Waals surface area contributed by atoms with Crippen LogP contribution in [-0.2, 0) is 22.2 Å². The molecular formula is C25H18F4N4O3S. The number of thiazole rings is 1. The zero-order valence-electron chi connectivity index (χ0n) is 18.9. The predicted octanol–water partition coefficient (Wildman–Crippen LogP) is 6.17. The zero-order chi connectivity index (χ0) is 26.2. The van der Waals surface area contributed by atoms with Gasteiger partial charge in [0.2, 0.25) is 17.7 Å². The van der Waals surface area contributed by atoms with E-state index in [1.54, 1.807) is 12.1 Å². The van der Waals surface area contributed by atoms with E-state index >= 15 is 0 Å². The number of nitrogens with one attached hydrogen (secondary N) is 2. The average Bonchev–Trinajstić information content (AvgIpc) is 3.61. The van der Waals surface area contributed by atoms with Gasteiger partial charge in [0.1, 0.15) is 21.9 Å². The van der Waals surface area contributed by atoms with E-state index in [4.69, 9.17) is 4.74 Å². The van der Waals surface area contributed by atoms with Crippen molar-refractivity contribution in [2.45, 2.75) is 25.4 Å². The van der Waals surface area contributed by atoms with Crippen LogP contribution < -0.4 is 15.4 Å². The first-order valence-corrected chi connectivity index (χ1v) is 12.0. The molecule has 0 radical (unpaired) electrons. The van der Waals surface area contributed by atoms with Crippen molar-refractivity contribution in [3.63, 3.8) is 0 Å². The van der Waals surface area contributed by atoms with E-state index in [1.807, 2.05) is 0 Å². The van der Waals surface area contributed by atoms with Crippen molar-refractivity contribution >= 4 is 44.3 Å². The van der Waals surface area contributed by atoms with Gasteiger partial charge in [0.05, 0.1) is 17.7 Å². The van der Waals surface area contributed by atoms with Crippen molar-refractivity contribution < 1.29 is 31.9 Å². The maximum Gasteiger partial charge on any atom is 0.416 e. The molecule has 1 aliphatic carbocycles. The summed E-state index contributed by atoms with van der Waals surface area (Å²) in [6.07, 6.45) is -3.17. The van der Waals surface area contributed by atoms with E-state index in [1.165, 1.54) is 35.6 Å². The molecular weight excluding hydrogens is 512 g/mol. The first-order chi connectivity index (χ1) is 17.6. The summed E-state index contributed by atoms with van der Waals surface area (Å²) in [5, 5.41) is 5.57. The highest BCUT2D eigenvalue weighted by Gasteiger charge is 2.31. The van der Waals surface area contributed by atoms with Gasteiger partial charge in [-0.15, -0.1) is 0 Å². The fourth-order valence-electron chi connectivity index (χ4n) is 3.49. The minimum Gasteiger partial charge on any atom is -0.439 e. The molecule has 0 saturated heterocycles. The summed E-state index contributed by atoms with van der Waals surface area (Å²) in [6.45, 7) is 0.